The number of hydrogen-bond donors (Lipinski definition) is 1. The fourth-order valence-corrected chi connectivity index (χ4v) is 4.12. The molecule has 2 saturated heterocycles. The number of rotatable bonds is 3. The van der Waals surface area contributed by atoms with E-state index in [1.54, 1.807) is 12.3 Å². The van der Waals surface area contributed by atoms with E-state index in [-0.39, 0.29) is 5.91 Å². The summed E-state index contributed by atoms with van der Waals surface area (Å²) in [6.45, 7) is 1.70. The maximum Gasteiger partial charge on any atom is 0.257 e. The van der Waals surface area contributed by atoms with Crippen molar-refractivity contribution in [2.75, 3.05) is 24.6 Å². The number of piperidine rings is 1. The maximum atomic E-state index is 12.2. The Hall–Kier alpha value is -0.940. The number of nitrogens with zero attached hydrogens (tertiary/aromatic N) is 1. The van der Waals surface area contributed by atoms with Crippen LogP contribution in [0.15, 0.2) is 23.0 Å². The average molecular weight is 294 g/mol. The summed E-state index contributed by atoms with van der Waals surface area (Å²) in [6, 6.07) is 3.01. The molecule has 0 atom stereocenters. The highest BCUT2D eigenvalue weighted by Gasteiger charge is 2.26. The Balaban J connectivity index is 1.45. The van der Waals surface area contributed by atoms with Crippen LogP contribution in [0.2, 0.25) is 0 Å². The SMILES string of the molecule is O=C(c1ccoc1)N1CCC(NC2CCSCC2)CC1. The third-order valence-electron chi connectivity index (χ3n) is 4.24. The van der Waals surface area contributed by atoms with Crippen LogP contribution in [0.1, 0.15) is 36.0 Å². The number of amides is 1. The first-order valence-electron chi connectivity index (χ1n) is 7.48. The summed E-state index contributed by atoms with van der Waals surface area (Å²) in [6.07, 6.45) is 7.80. The van der Waals surface area contributed by atoms with E-state index in [1.165, 1.54) is 30.6 Å². The second kappa shape index (κ2) is 6.68. The second-order valence-corrected chi connectivity index (χ2v) is 6.86. The Kier molecular flexibility index (Phi) is 4.68. The lowest BCUT2D eigenvalue weighted by atomic mass is 10.0. The van der Waals surface area contributed by atoms with Gasteiger partial charge in [0, 0.05) is 25.2 Å². The summed E-state index contributed by atoms with van der Waals surface area (Å²) in [5.74, 6) is 2.68. The topological polar surface area (TPSA) is 45.5 Å². The number of carbonyl (C=O) groups is 1. The molecular weight excluding hydrogens is 272 g/mol. The van der Waals surface area contributed by atoms with Gasteiger partial charge < -0.3 is 14.6 Å². The first kappa shape index (κ1) is 14.0. The molecule has 0 bridgehead atoms. The van der Waals surface area contributed by atoms with Gasteiger partial charge in [0.25, 0.3) is 5.91 Å². The monoisotopic (exact) mass is 294 g/mol. The van der Waals surface area contributed by atoms with Crippen molar-refractivity contribution < 1.29 is 9.21 Å². The summed E-state index contributed by atoms with van der Waals surface area (Å²) >= 11 is 2.06. The largest absolute Gasteiger partial charge is 0.472 e. The van der Waals surface area contributed by atoms with Crippen molar-refractivity contribution in [2.24, 2.45) is 0 Å². The Morgan fingerprint density at radius 1 is 1.20 bits per heavy atom. The van der Waals surface area contributed by atoms with Gasteiger partial charge in [0.05, 0.1) is 11.8 Å². The van der Waals surface area contributed by atoms with E-state index in [2.05, 4.69) is 17.1 Å². The van der Waals surface area contributed by atoms with E-state index in [1.807, 2.05) is 4.90 Å². The molecular formula is C15H22N2O2S. The van der Waals surface area contributed by atoms with Gasteiger partial charge in [-0.1, -0.05) is 0 Å². The Morgan fingerprint density at radius 2 is 1.90 bits per heavy atom. The molecule has 110 valence electrons. The maximum absolute atomic E-state index is 12.2. The van der Waals surface area contributed by atoms with Crippen LogP contribution in [-0.2, 0) is 0 Å². The Morgan fingerprint density at radius 3 is 2.55 bits per heavy atom. The zero-order valence-electron chi connectivity index (χ0n) is 11.7. The van der Waals surface area contributed by atoms with Gasteiger partial charge >= 0.3 is 0 Å². The smallest absolute Gasteiger partial charge is 0.257 e. The summed E-state index contributed by atoms with van der Waals surface area (Å²) < 4.78 is 4.99. The van der Waals surface area contributed by atoms with E-state index in [0.717, 1.165) is 25.9 Å². The van der Waals surface area contributed by atoms with E-state index >= 15 is 0 Å². The van der Waals surface area contributed by atoms with E-state index in [0.29, 0.717) is 17.6 Å². The highest BCUT2D eigenvalue weighted by molar-refractivity contribution is 7.99. The second-order valence-electron chi connectivity index (χ2n) is 5.63. The van der Waals surface area contributed by atoms with Crippen LogP contribution in [0.25, 0.3) is 0 Å². The van der Waals surface area contributed by atoms with Crippen molar-refractivity contribution in [1.82, 2.24) is 10.2 Å². The number of nitrogens with one attached hydrogen (secondary N) is 1. The Bertz CT molecular complexity index is 421. The Labute approximate surface area is 124 Å². The molecule has 1 amide bonds. The molecule has 0 unspecified atom stereocenters. The molecule has 1 N–H and O–H groups in total. The molecule has 3 heterocycles. The quantitative estimate of drug-likeness (QED) is 0.929. The molecule has 1 aromatic rings. The molecule has 3 rings (SSSR count). The minimum Gasteiger partial charge on any atom is -0.472 e. The number of thioether (sulfide) groups is 1. The minimum absolute atomic E-state index is 0.103. The lowest BCUT2D eigenvalue weighted by Crippen LogP contribution is -2.48. The summed E-state index contributed by atoms with van der Waals surface area (Å²) in [5, 5.41) is 3.78. The fourth-order valence-electron chi connectivity index (χ4n) is 3.02. The molecule has 20 heavy (non-hydrogen) atoms. The fraction of sp³-hybridized carbons (Fsp3) is 0.667. The molecule has 2 aliphatic heterocycles. The third-order valence-corrected chi connectivity index (χ3v) is 5.29. The molecule has 2 fully saturated rings. The molecule has 0 saturated carbocycles. The van der Waals surface area contributed by atoms with Crippen LogP contribution in [-0.4, -0.2) is 47.5 Å². The van der Waals surface area contributed by atoms with Gasteiger partial charge in [-0.05, 0) is 43.3 Å². The number of hydrogen-bond acceptors (Lipinski definition) is 4. The first-order chi connectivity index (χ1) is 9.83. The minimum atomic E-state index is 0.103. The summed E-state index contributed by atoms with van der Waals surface area (Å²) in [5.41, 5.74) is 0.667. The van der Waals surface area contributed by atoms with Crippen LogP contribution < -0.4 is 5.32 Å². The lowest BCUT2D eigenvalue weighted by molar-refractivity contribution is 0.0700. The number of furan rings is 1. The van der Waals surface area contributed by atoms with Gasteiger partial charge in [-0.25, -0.2) is 0 Å². The summed E-state index contributed by atoms with van der Waals surface area (Å²) in [4.78, 5) is 14.1. The highest BCUT2D eigenvalue weighted by atomic mass is 32.2. The van der Waals surface area contributed by atoms with Gasteiger partial charge in [-0.3, -0.25) is 4.79 Å². The molecule has 2 aliphatic rings. The van der Waals surface area contributed by atoms with Crippen molar-refractivity contribution in [3.63, 3.8) is 0 Å². The van der Waals surface area contributed by atoms with Crippen molar-refractivity contribution in [1.29, 1.82) is 0 Å². The molecule has 5 heteroatoms. The van der Waals surface area contributed by atoms with E-state index in [9.17, 15) is 4.79 Å². The predicted octanol–water partition coefficient (Wildman–Crippen LogP) is 2.37. The average Bonchev–Trinajstić information content (AvgIpc) is 3.03. The van der Waals surface area contributed by atoms with Gasteiger partial charge in [-0.15, -0.1) is 0 Å². The van der Waals surface area contributed by atoms with Crippen molar-refractivity contribution in [2.45, 2.75) is 37.8 Å². The van der Waals surface area contributed by atoms with Crippen molar-refractivity contribution in [3.8, 4) is 0 Å². The standard InChI is InChI=1S/C15H22N2O2S/c18-15(12-3-8-19-11-12)17-6-1-13(2-7-17)16-14-4-9-20-10-5-14/h3,8,11,13-14,16H,1-2,4-7,9-10H2. The number of carbonyl (C=O) groups excluding carboxylic acids is 1. The predicted molar refractivity (Wildman–Crippen MR) is 81.1 cm³/mol. The molecule has 0 aliphatic carbocycles. The normalized spacial score (nSPS) is 22.1. The van der Waals surface area contributed by atoms with Gasteiger partial charge in [0.1, 0.15) is 6.26 Å². The van der Waals surface area contributed by atoms with Gasteiger partial charge in [-0.2, -0.15) is 11.8 Å². The van der Waals surface area contributed by atoms with Crippen LogP contribution in [0.3, 0.4) is 0 Å². The van der Waals surface area contributed by atoms with E-state index < -0.39 is 0 Å². The van der Waals surface area contributed by atoms with Gasteiger partial charge in [0.15, 0.2) is 0 Å². The van der Waals surface area contributed by atoms with Crippen LogP contribution in [0.5, 0.6) is 0 Å². The van der Waals surface area contributed by atoms with Crippen molar-refractivity contribution >= 4 is 17.7 Å². The zero-order chi connectivity index (χ0) is 13.8. The molecule has 0 radical (unpaired) electrons. The van der Waals surface area contributed by atoms with E-state index in [4.69, 9.17) is 4.42 Å². The third kappa shape index (κ3) is 3.38. The lowest BCUT2D eigenvalue weighted by Gasteiger charge is -2.35. The molecule has 0 spiro atoms. The van der Waals surface area contributed by atoms with Crippen molar-refractivity contribution in [3.05, 3.63) is 24.2 Å². The summed E-state index contributed by atoms with van der Waals surface area (Å²) in [7, 11) is 0. The molecule has 1 aromatic heterocycles. The van der Waals surface area contributed by atoms with Crippen LogP contribution >= 0.6 is 11.8 Å². The highest BCUT2D eigenvalue weighted by Crippen LogP contribution is 2.20. The zero-order valence-corrected chi connectivity index (χ0v) is 12.5. The number of likely N-dealkylation sites (tertiary alicyclic amines) is 1. The molecule has 0 aromatic carbocycles. The molecule has 4 nitrogen and oxygen atoms in total. The van der Waals surface area contributed by atoms with Crippen LogP contribution in [0, 0.1) is 0 Å². The van der Waals surface area contributed by atoms with Crippen LogP contribution in [0.4, 0.5) is 0 Å². The first-order valence-corrected chi connectivity index (χ1v) is 8.63. The van der Waals surface area contributed by atoms with Gasteiger partial charge in [0.2, 0.25) is 0 Å².